The summed E-state index contributed by atoms with van der Waals surface area (Å²) in [5, 5.41) is 12.7. The number of H-pyrrole nitrogens is 1. The molecule has 18 heavy (non-hydrogen) atoms. The molecule has 0 aliphatic carbocycles. The van der Waals surface area contributed by atoms with Gasteiger partial charge < -0.3 is 15.4 Å². The number of rotatable bonds is 4. The molecule has 1 heterocycles. The van der Waals surface area contributed by atoms with Gasteiger partial charge in [0.2, 0.25) is 0 Å². The highest BCUT2D eigenvalue weighted by atomic mass is 16.3. The van der Waals surface area contributed by atoms with Crippen LogP contribution in [0.1, 0.15) is 23.0 Å². The first-order chi connectivity index (χ1) is 8.60. The van der Waals surface area contributed by atoms with Crippen LogP contribution in [0.4, 0.5) is 0 Å². The minimum Gasteiger partial charge on any atom is -0.396 e. The molecule has 0 aliphatic heterocycles. The quantitative estimate of drug-likeness (QED) is 0.770. The zero-order valence-electron chi connectivity index (χ0n) is 10.7. The summed E-state index contributed by atoms with van der Waals surface area (Å²) in [7, 11) is 0. The van der Waals surface area contributed by atoms with Crippen molar-refractivity contribution in [2.24, 2.45) is 5.92 Å². The Morgan fingerprint density at radius 2 is 2.22 bits per heavy atom. The fourth-order valence-electron chi connectivity index (χ4n) is 1.79. The molecule has 1 atom stereocenters. The van der Waals surface area contributed by atoms with E-state index >= 15 is 0 Å². The average Bonchev–Trinajstić information content (AvgIpc) is 2.78. The standard InChI is InChI=1S/C14H18N2O2/c1-9-3-4-11-6-13(16-12(11)5-9)14(18)15-7-10(2)8-17/h3-6,10,16-17H,7-8H2,1-2H3,(H,15,18). The maximum absolute atomic E-state index is 11.9. The van der Waals surface area contributed by atoms with Gasteiger partial charge >= 0.3 is 0 Å². The normalized spacial score (nSPS) is 12.6. The van der Waals surface area contributed by atoms with Gasteiger partial charge in [-0.1, -0.05) is 19.1 Å². The fourth-order valence-corrected chi connectivity index (χ4v) is 1.79. The van der Waals surface area contributed by atoms with Crippen molar-refractivity contribution in [3.8, 4) is 0 Å². The van der Waals surface area contributed by atoms with Gasteiger partial charge in [0.05, 0.1) is 0 Å². The number of nitrogens with one attached hydrogen (secondary N) is 2. The van der Waals surface area contributed by atoms with Gasteiger partial charge in [0.15, 0.2) is 0 Å². The van der Waals surface area contributed by atoms with E-state index in [-0.39, 0.29) is 18.4 Å². The van der Waals surface area contributed by atoms with Crippen molar-refractivity contribution in [1.82, 2.24) is 10.3 Å². The molecule has 0 saturated carbocycles. The molecule has 0 saturated heterocycles. The van der Waals surface area contributed by atoms with Crippen LogP contribution in [0.25, 0.3) is 10.9 Å². The molecule has 0 fully saturated rings. The lowest BCUT2D eigenvalue weighted by Gasteiger charge is -2.08. The summed E-state index contributed by atoms with van der Waals surface area (Å²) in [4.78, 5) is 15.0. The summed E-state index contributed by atoms with van der Waals surface area (Å²) in [6.45, 7) is 4.45. The van der Waals surface area contributed by atoms with E-state index in [9.17, 15) is 4.79 Å². The molecular formula is C14H18N2O2. The van der Waals surface area contributed by atoms with Gasteiger partial charge in [-0.05, 0) is 30.5 Å². The van der Waals surface area contributed by atoms with Crippen molar-refractivity contribution in [3.05, 3.63) is 35.5 Å². The van der Waals surface area contributed by atoms with E-state index in [4.69, 9.17) is 5.11 Å². The second-order valence-corrected chi connectivity index (χ2v) is 4.77. The van der Waals surface area contributed by atoms with E-state index in [1.54, 1.807) is 0 Å². The molecule has 2 aromatic rings. The van der Waals surface area contributed by atoms with Crippen LogP contribution in [0.2, 0.25) is 0 Å². The second kappa shape index (κ2) is 5.23. The largest absolute Gasteiger partial charge is 0.396 e. The first kappa shape index (κ1) is 12.6. The number of aryl methyl sites for hydroxylation is 1. The Kier molecular flexibility index (Phi) is 3.67. The Hall–Kier alpha value is -1.81. The number of hydrogen-bond donors (Lipinski definition) is 3. The molecule has 0 radical (unpaired) electrons. The summed E-state index contributed by atoms with van der Waals surface area (Å²) < 4.78 is 0. The molecule has 1 aromatic heterocycles. The first-order valence-corrected chi connectivity index (χ1v) is 6.08. The van der Waals surface area contributed by atoms with E-state index in [1.807, 2.05) is 38.1 Å². The van der Waals surface area contributed by atoms with E-state index < -0.39 is 0 Å². The minimum atomic E-state index is -0.135. The lowest BCUT2D eigenvalue weighted by molar-refractivity contribution is 0.0938. The number of hydrogen-bond acceptors (Lipinski definition) is 2. The zero-order valence-corrected chi connectivity index (χ0v) is 10.7. The third kappa shape index (κ3) is 2.71. The number of benzene rings is 1. The van der Waals surface area contributed by atoms with Crippen LogP contribution in [0.3, 0.4) is 0 Å². The molecule has 2 rings (SSSR count). The molecule has 1 amide bonds. The Morgan fingerprint density at radius 1 is 1.44 bits per heavy atom. The molecule has 96 valence electrons. The molecular weight excluding hydrogens is 228 g/mol. The summed E-state index contributed by atoms with van der Waals surface area (Å²) >= 11 is 0. The topological polar surface area (TPSA) is 65.1 Å². The number of carbonyl (C=O) groups excluding carboxylic acids is 1. The summed E-state index contributed by atoms with van der Waals surface area (Å²) in [6, 6.07) is 7.87. The van der Waals surface area contributed by atoms with E-state index in [2.05, 4.69) is 10.3 Å². The van der Waals surface area contributed by atoms with E-state index in [0.717, 1.165) is 16.5 Å². The number of amides is 1. The van der Waals surface area contributed by atoms with Crippen molar-refractivity contribution >= 4 is 16.8 Å². The van der Waals surface area contributed by atoms with Crippen molar-refractivity contribution in [3.63, 3.8) is 0 Å². The van der Waals surface area contributed by atoms with Crippen LogP contribution >= 0.6 is 0 Å². The predicted octanol–water partition coefficient (Wildman–Crippen LogP) is 1.83. The van der Waals surface area contributed by atoms with Crippen LogP contribution in [0.15, 0.2) is 24.3 Å². The number of aromatic amines is 1. The Balaban J connectivity index is 2.13. The lowest BCUT2D eigenvalue weighted by Crippen LogP contribution is -2.29. The molecule has 1 unspecified atom stereocenters. The Labute approximate surface area is 106 Å². The number of fused-ring (bicyclic) bond motifs is 1. The maximum Gasteiger partial charge on any atom is 0.267 e. The van der Waals surface area contributed by atoms with Crippen molar-refractivity contribution < 1.29 is 9.90 Å². The highest BCUT2D eigenvalue weighted by molar-refractivity contribution is 5.98. The maximum atomic E-state index is 11.9. The van der Waals surface area contributed by atoms with Gasteiger partial charge in [-0.15, -0.1) is 0 Å². The molecule has 4 heteroatoms. The number of carbonyl (C=O) groups is 1. The first-order valence-electron chi connectivity index (χ1n) is 6.08. The minimum absolute atomic E-state index is 0.0700. The average molecular weight is 246 g/mol. The highest BCUT2D eigenvalue weighted by Gasteiger charge is 2.10. The second-order valence-electron chi connectivity index (χ2n) is 4.77. The number of aromatic nitrogens is 1. The molecule has 1 aromatic carbocycles. The van der Waals surface area contributed by atoms with Crippen molar-refractivity contribution in [2.45, 2.75) is 13.8 Å². The van der Waals surface area contributed by atoms with Gasteiger partial charge in [-0.3, -0.25) is 4.79 Å². The van der Waals surface area contributed by atoms with Crippen molar-refractivity contribution in [1.29, 1.82) is 0 Å². The zero-order chi connectivity index (χ0) is 13.1. The third-order valence-corrected chi connectivity index (χ3v) is 2.95. The van der Waals surface area contributed by atoms with Gasteiger partial charge in [0, 0.05) is 24.1 Å². The predicted molar refractivity (Wildman–Crippen MR) is 71.6 cm³/mol. The van der Waals surface area contributed by atoms with Crippen LogP contribution in [0.5, 0.6) is 0 Å². The van der Waals surface area contributed by atoms with Crippen LogP contribution in [-0.2, 0) is 0 Å². The van der Waals surface area contributed by atoms with Gasteiger partial charge in [0.1, 0.15) is 5.69 Å². The number of aliphatic hydroxyl groups excluding tert-OH is 1. The van der Waals surface area contributed by atoms with Crippen LogP contribution in [0, 0.1) is 12.8 Å². The van der Waals surface area contributed by atoms with Gasteiger partial charge in [-0.2, -0.15) is 0 Å². The van der Waals surface area contributed by atoms with Gasteiger partial charge in [0.25, 0.3) is 5.91 Å². The van der Waals surface area contributed by atoms with E-state index in [0.29, 0.717) is 12.2 Å². The third-order valence-electron chi connectivity index (χ3n) is 2.95. The summed E-state index contributed by atoms with van der Waals surface area (Å²) in [5.74, 6) is -0.0651. The lowest BCUT2D eigenvalue weighted by atomic mass is 10.2. The molecule has 4 nitrogen and oxygen atoms in total. The highest BCUT2D eigenvalue weighted by Crippen LogP contribution is 2.16. The SMILES string of the molecule is Cc1ccc2cc(C(=O)NCC(C)CO)[nH]c2c1. The molecule has 3 N–H and O–H groups in total. The Morgan fingerprint density at radius 3 is 2.94 bits per heavy atom. The Bertz CT molecular complexity index is 560. The van der Waals surface area contributed by atoms with Crippen LogP contribution in [-0.4, -0.2) is 29.1 Å². The van der Waals surface area contributed by atoms with E-state index in [1.165, 1.54) is 0 Å². The monoisotopic (exact) mass is 246 g/mol. The summed E-state index contributed by atoms with van der Waals surface area (Å²) in [6.07, 6.45) is 0. The van der Waals surface area contributed by atoms with Crippen molar-refractivity contribution in [2.75, 3.05) is 13.2 Å². The smallest absolute Gasteiger partial charge is 0.267 e. The fraction of sp³-hybridized carbons (Fsp3) is 0.357. The van der Waals surface area contributed by atoms with Crippen LogP contribution < -0.4 is 5.32 Å². The van der Waals surface area contributed by atoms with Gasteiger partial charge in [-0.25, -0.2) is 0 Å². The molecule has 0 aliphatic rings. The molecule has 0 spiro atoms. The molecule has 0 bridgehead atoms. The summed E-state index contributed by atoms with van der Waals surface area (Å²) in [5.41, 5.74) is 2.68. The number of aliphatic hydroxyl groups is 1.